The van der Waals surface area contributed by atoms with Gasteiger partial charge in [-0.3, -0.25) is 0 Å². The van der Waals surface area contributed by atoms with Gasteiger partial charge in [0, 0.05) is 5.56 Å². The molecule has 0 fully saturated rings. The van der Waals surface area contributed by atoms with E-state index in [9.17, 15) is 0 Å². The second kappa shape index (κ2) is 7.91. The summed E-state index contributed by atoms with van der Waals surface area (Å²) >= 11 is 0. The van der Waals surface area contributed by atoms with Crippen LogP contribution in [0.3, 0.4) is 0 Å². The highest BCUT2D eigenvalue weighted by Crippen LogP contribution is 2.20. The summed E-state index contributed by atoms with van der Waals surface area (Å²) in [4.78, 5) is 0. The Morgan fingerprint density at radius 3 is 2.76 bits per heavy atom. The van der Waals surface area contributed by atoms with Crippen molar-refractivity contribution in [2.24, 2.45) is 0 Å². The number of para-hydroxylation sites is 1. The predicted molar refractivity (Wildman–Crippen MR) is 74.4 cm³/mol. The average molecular weight is 233 g/mol. The number of rotatable bonds is 7. The Morgan fingerprint density at radius 2 is 2.06 bits per heavy atom. The minimum absolute atomic E-state index is 0.214. The van der Waals surface area contributed by atoms with Crippen LogP contribution in [-0.2, 0) is 0 Å². The van der Waals surface area contributed by atoms with E-state index in [0.717, 1.165) is 30.8 Å². The largest absolute Gasteiger partial charge is 0.490 e. The van der Waals surface area contributed by atoms with Crippen LogP contribution in [0.2, 0.25) is 0 Å². The van der Waals surface area contributed by atoms with Gasteiger partial charge in [0.05, 0.1) is 6.10 Å². The molecule has 17 heavy (non-hydrogen) atoms. The smallest absolute Gasteiger partial charge is 0.126 e. The Kier molecular flexibility index (Phi) is 6.41. The number of nitrogens with one attached hydrogen (secondary N) is 1. The third-order valence-corrected chi connectivity index (χ3v) is 2.32. The Bertz CT molecular complexity index is 345. The van der Waals surface area contributed by atoms with Gasteiger partial charge in [0.15, 0.2) is 0 Å². The molecular weight excluding hydrogens is 210 g/mol. The van der Waals surface area contributed by atoms with E-state index in [0.29, 0.717) is 0 Å². The van der Waals surface area contributed by atoms with Crippen LogP contribution < -0.4 is 10.1 Å². The Hall–Kier alpha value is -1.28. The second-order valence-corrected chi connectivity index (χ2v) is 4.25. The summed E-state index contributed by atoms with van der Waals surface area (Å²) < 4.78 is 5.76. The molecule has 0 heterocycles. The van der Waals surface area contributed by atoms with E-state index in [1.807, 2.05) is 32.0 Å². The first-order chi connectivity index (χ1) is 8.24. The molecule has 0 unspecified atom stereocenters. The van der Waals surface area contributed by atoms with Crippen LogP contribution in [-0.4, -0.2) is 19.2 Å². The van der Waals surface area contributed by atoms with Crippen molar-refractivity contribution in [2.45, 2.75) is 33.3 Å². The van der Waals surface area contributed by atoms with E-state index in [-0.39, 0.29) is 6.10 Å². The molecule has 0 saturated heterocycles. The quantitative estimate of drug-likeness (QED) is 0.728. The maximum Gasteiger partial charge on any atom is 0.126 e. The highest BCUT2D eigenvalue weighted by Gasteiger charge is 2.01. The summed E-state index contributed by atoms with van der Waals surface area (Å²) in [6.45, 7) is 8.27. The van der Waals surface area contributed by atoms with Crippen molar-refractivity contribution in [1.82, 2.24) is 5.32 Å². The molecule has 0 radical (unpaired) electrons. The van der Waals surface area contributed by atoms with Gasteiger partial charge in [0.25, 0.3) is 0 Å². The van der Waals surface area contributed by atoms with E-state index in [4.69, 9.17) is 4.74 Å². The molecule has 0 saturated carbocycles. The van der Waals surface area contributed by atoms with Gasteiger partial charge in [0.1, 0.15) is 5.75 Å². The molecule has 2 heteroatoms. The Labute approximate surface area is 105 Å². The summed E-state index contributed by atoms with van der Waals surface area (Å²) in [5, 5.41) is 3.30. The summed E-state index contributed by atoms with van der Waals surface area (Å²) in [5.41, 5.74) is 1.15. The molecule has 0 aliphatic rings. The lowest BCUT2D eigenvalue weighted by atomic mass is 10.1. The first-order valence-electron chi connectivity index (χ1n) is 6.37. The van der Waals surface area contributed by atoms with Crippen LogP contribution in [0.1, 0.15) is 32.8 Å². The molecule has 0 aliphatic heterocycles. The molecule has 0 aliphatic carbocycles. The fourth-order valence-electron chi connectivity index (χ4n) is 1.55. The van der Waals surface area contributed by atoms with Crippen molar-refractivity contribution >= 4 is 6.08 Å². The van der Waals surface area contributed by atoms with Gasteiger partial charge in [0.2, 0.25) is 0 Å². The van der Waals surface area contributed by atoms with E-state index in [1.54, 1.807) is 0 Å². The number of hydrogen-bond acceptors (Lipinski definition) is 2. The van der Waals surface area contributed by atoms with Crippen LogP contribution in [0.5, 0.6) is 5.75 Å². The van der Waals surface area contributed by atoms with Gasteiger partial charge in [-0.25, -0.2) is 0 Å². The van der Waals surface area contributed by atoms with Crippen LogP contribution in [0.4, 0.5) is 0 Å². The molecule has 0 spiro atoms. The normalized spacial score (nSPS) is 11.3. The fourth-order valence-corrected chi connectivity index (χ4v) is 1.55. The predicted octanol–water partition coefficient (Wildman–Crippen LogP) is 3.49. The summed E-state index contributed by atoms with van der Waals surface area (Å²) in [6.07, 6.45) is 5.58. The molecule has 1 aromatic rings. The van der Waals surface area contributed by atoms with Crippen LogP contribution in [0.25, 0.3) is 6.08 Å². The van der Waals surface area contributed by atoms with Crippen molar-refractivity contribution in [3.05, 3.63) is 35.9 Å². The van der Waals surface area contributed by atoms with E-state index < -0.39 is 0 Å². The SMILES string of the molecule is CCNCCC=Cc1ccccc1OC(C)C. The van der Waals surface area contributed by atoms with Crippen molar-refractivity contribution in [2.75, 3.05) is 13.1 Å². The molecule has 0 atom stereocenters. The molecule has 1 N–H and O–H groups in total. The second-order valence-electron chi connectivity index (χ2n) is 4.25. The van der Waals surface area contributed by atoms with Crippen LogP contribution in [0.15, 0.2) is 30.3 Å². The summed E-state index contributed by atoms with van der Waals surface area (Å²) in [5.74, 6) is 0.960. The van der Waals surface area contributed by atoms with Gasteiger partial charge in [-0.1, -0.05) is 37.3 Å². The van der Waals surface area contributed by atoms with Gasteiger partial charge >= 0.3 is 0 Å². The minimum atomic E-state index is 0.214. The highest BCUT2D eigenvalue weighted by molar-refractivity contribution is 5.57. The lowest BCUT2D eigenvalue weighted by molar-refractivity contribution is 0.242. The van der Waals surface area contributed by atoms with Crippen molar-refractivity contribution in [1.29, 1.82) is 0 Å². The zero-order valence-electron chi connectivity index (χ0n) is 11.1. The molecule has 1 rings (SSSR count). The van der Waals surface area contributed by atoms with Gasteiger partial charge < -0.3 is 10.1 Å². The molecule has 0 aromatic heterocycles. The first kappa shape index (κ1) is 13.8. The highest BCUT2D eigenvalue weighted by atomic mass is 16.5. The zero-order chi connectivity index (χ0) is 12.5. The van der Waals surface area contributed by atoms with E-state index in [2.05, 4.69) is 30.5 Å². The maximum absolute atomic E-state index is 5.76. The molecule has 2 nitrogen and oxygen atoms in total. The average Bonchev–Trinajstić information content (AvgIpc) is 2.30. The van der Waals surface area contributed by atoms with Crippen molar-refractivity contribution in [3.63, 3.8) is 0 Å². The maximum atomic E-state index is 5.76. The standard InChI is InChI=1S/C15H23NO/c1-4-16-12-8-7-10-14-9-5-6-11-15(14)17-13(2)3/h5-7,9-11,13,16H,4,8,12H2,1-3H3. The van der Waals surface area contributed by atoms with Gasteiger partial charge in [-0.15, -0.1) is 0 Å². The number of hydrogen-bond donors (Lipinski definition) is 1. The zero-order valence-corrected chi connectivity index (χ0v) is 11.1. The Balaban J connectivity index is 2.56. The molecule has 94 valence electrons. The monoisotopic (exact) mass is 233 g/mol. The van der Waals surface area contributed by atoms with Gasteiger partial charge in [-0.05, 0) is 39.4 Å². The third kappa shape index (κ3) is 5.55. The number of ether oxygens (including phenoxy) is 1. The van der Waals surface area contributed by atoms with E-state index in [1.165, 1.54) is 0 Å². The lowest BCUT2D eigenvalue weighted by Crippen LogP contribution is -2.12. The van der Waals surface area contributed by atoms with Crippen molar-refractivity contribution in [3.8, 4) is 5.75 Å². The molecule has 0 bridgehead atoms. The van der Waals surface area contributed by atoms with Crippen molar-refractivity contribution < 1.29 is 4.74 Å². The van der Waals surface area contributed by atoms with E-state index >= 15 is 0 Å². The summed E-state index contributed by atoms with van der Waals surface area (Å²) in [7, 11) is 0. The summed E-state index contributed by atoms with van der Waals surface area (Å²) in [6, 6.07) is 8.15. The fraction of sp³-hybridized carbons (Fsp3) is 0.467. The molecule has 0 amide bonds. The Morgan fingerprint density at radius 1 is 1.29 bits per heavy atom. The van der Waals surface area contributed by atoms with Crippen LogP contribution in [0, 0.1) is 0 Å². The topological polar surface area (TPSA) is 21.3 Å². The lowest BCUT2D eigenvalue weighted by Gasteiger charge is -2.12. The third-order valence-electron chi connectivity index (χ3n) is 2.32. The first-order valence-corrected chi connectivity index (χ1v) is 6.37. The number of benzene rings is 1. The van der Waals surface area contributed by atoms with Gasteiger partial charge in [-0.2, -0.15) is 0 Å². The minimum Gasteiger partial charge on any atom is -0.490 e. The molecular formula is C15H23NO. The molecule has 1 aromatic carbocycles. The van der Waals surface area contributed by atoms with Crippen LogP contribution >= 0.6 is 0 Å².